The topological polar surface area (TPSA) is 69.6 Å². The van der Waals surface area contributed by atoms with E-state index in [0.717, 1.165) is 0 Å². The number of aliphatic hydroxyl groups is 1. The summed E-state index contributed by atoms with van der Waals surface area (Å²) in [6, 6.07) is -0.533. The second-order valence-electron chi connectivity index (χ2n) is 6.23. The Morgan fingerprint density at radius 1 is 1.39 bits per heavy atom. The smallest absolute Gasteiger partial charge is 0.246 e. The van der Waals surface area contributed by atoms with Crippen molar-refractivity contribution in [1.82, 2.24) is 10.2 Å². The number of aliphatic hydroxyl groups excluding tert-OH is 1. The lowest BCUT2D eigenvalue weighted by Gasteiger charge is -2.34. The van der Waals surface area contributed by atoms with Crippen molar-refractivity contribution in [2.45, 2.75) is 59.2 Å². The summed E-state index contributed by atoms with van der Waals surface area (Å²) < 4.78 is 0. The van der Waals surface area contributed by atoms with Crippen LogP contribution in [0.5, 0.6) is 0 Å². The Balaban J connectivity index is 2.86. The number of likely N-dealkylation sites (tertiary alicyclic amines) is 1. The summed E-state index contributed by atoms with van der Waals surface area (Å²) in [7, 11) is 0. The van der Waals surface area contributed by atoms with E-state index in [2.05, 4.69) is 5.32 Å². The Morgan fingerprint density at radius 3 is 2.28 bits per heavy atom. The first-order valence-corrected chi connectivity index (χ1v) is 6.38. The number of amides is 2. The van der Waals surface area contributed by atoms with Gasteiger partial charge in [-0.05, 0) is 18.8 Å². The largest absolute Gasteiger partial charge is 0.391 e. The summed E-state index contributed by atoms with van der Waals surface area (Å²) in [5.74, 6) is -0.322. The predicted octanol–water partition coefficient (Wildman–Crippen LogP) is 0.519. The van der Waals surface area contributed by atoms with Crippen LogP contribution in [0.2, 0.25) is 0 Å². The normalized spacial score (nSPS) is 26.0. The SMILES string of the molecule is CC(=O)NC(C(=O)N1C[C@H](O)C[C@H]1C)C(C)(C)C. The van der Waals surface area contributed by atoms with Crippen molar-refractivity contribution in [1.29, 1.82) is 0 Å². The molecule has 2 amide bonds. The van der Waals surface area contributed by atoms with E-state index in [0.29, 0.717) is 13.0 Å². The minimum Gasteiger partial charge on any atom is -0.391 e. The van der Waals surface area contributed by atoms with E-state index in [4.69, 9.17) is 0 Å². The Labute approximate surface area is 109 Å². The highest BCUT2D eigenvalue weighted by atomic mass is 16.3. The number of hydrogen-bond acceptors (Lipinski definition) is 3. The molecule has 104 valence electrons. The van der Waals surface area contributed by atoms with E-state index < -0.39 is 12.1 Å². The number of carbonyl (C=O) groups excluding carboxylic acids is 2. The van der Waals surface area contributed by atoms with Crippen molar-refractivity contribution in [3.8, 4) is 0 Å². The maximum Gasteiger partial charge on any atom is 0.246 e. The molecule has 1 aliphatic heterocycles. The van der Waals surface area contributed by atoms with Crippen LogP contribution in [0.4, 0.5) is 0 Å². The molecule has 0 spiro atoms. The van der Waals surface area contributed by atoms with Crippen molar-refractivity contribution >= 4 is 11.8 Å². The molecule has 5 nitrogen and oxygen atoms in total. The fourth-order valence-corrected chi connectivity index (χ4v) is 2.33. The number of β-amino-alcohol motifs (C(OH)–C–C–N with tert-alkyl or cyclic N) is 1. The number of hydrogen-bond donors (Lipinski definition) is 2. The van der Waals surface area contributed by atoms with Crippen LogP contribution in [-0.2, 0) is 9.59 Å². The van der Waals surface area contributed by atoms with Crippen molar-refractivity contribution < 1.29 is 14.7 Å². The lowest BCUT2D eigenvalue weighted by atomic mass is 9.85. The van der Waals surface area contributed by atoms with Gasteiger partial charge in [0.1, 0.15) is 6.04 Å². The maximum atomic E-state index is 12.5. The van der Waals surface area contributed by atoms with Crippen LogP contribution in [0.25, 0.3) is 0 Å². The van der Waals surface area contributed by atoms with Crippen LogP contribution in [0.15, 0.2) is 0 Å². The molecule has 0 aliphatic carbocycles. The molecule has 5 heteroatoms. The second-order valence-corrected chi connectivity index (χ2v) is 6.23. The van der Waals surface area contributed by atoms with Crippen LogP contribution < -0.4 is 5.32 Å². The zero-order valence-corrected chi connectivity index (χ0v) is 11.9. The standard InChI is InChI=1S/C13H24N2O3/c1-8-6-10(17)7-15(8)12(18)11(13(3,4)5)14-9(2)16/h8,10-11,17H,6-7H2,1-5H3,(H,14,16)/t8-,10-,11?/m1/s1. The minimum absolute atomic E-state index is 0.0195. The van der Waals surface area contributed by atoms with Gasteiger partial charge in [-0.15, -0.1) is 0 Å². The van der Waals surface area contributed by atoms with Crippen LogP contribution in [-0.4, -0.2) is 46.6 Å². The van der Waals surface area contributed by atoms with Crippen molar-refractivity contribution in [2.24, 2.45) is 5.41 Å². The number of carbonyl (C=O) groups is 2. The summed E-state index contributed by atoms with van der Waals surface area (Å²) in [5, 5.41) is 12.3. The van der Waals surface area contributed by atoms with Gasteiger partial charge >= 0.3 is 0 Å². The van der Waals surface area contributed by atoms with Gasteiger partial charge in [0.2, 0.25) is 11.8 Å². The third-order valence-corrected chi connectivity index (χ3v) is 3.30. The number of nitrogens with zero attached hydrogens (tertiary/aromatic N) is 1. The molecule has 1 saturated heterocycles. The quantitative estimate of drug-likeness (QED) is 0.756. The molecule has 1 unspecified atom stereocenters. The number of rotatable bonds is 2. The van der Waals surface area contributed by atoms with Gasteiger partial charge < -0.3 is 15.3 Å². The molecule has 0 aromatic rings. The Morgan fingerprint density at radius 2 is 1.94 bits per heavy atom. The predicted molar refractivity (Wildman–Crippen MR) is 68.9 cm³/mol. The molecule has 0 bridgehead atoms. The van der Waals surface area contributed by atoms with Gasteiger partial charge in [0.25, 0.3) is 0 Å². The van der Waals surface area contributed by atoms with Crippen LogP contribution >= 0.6 is 0 Å². The van der Waals surface area contributed by atoms with Crippen LogP contribution in [0, 0.1) is 5.41 Å². The van der Waals surface area contributed by atoms with Crippen molar-refractivity contribution in [2.75, 3.05) is 6.54 Å². The van der Waals surface area contributed by atoms with Crippen molar-refractivity contribution in [3.05, 3.63) is 0 Å². The van der Waals surface area contributed by atoms with E-state index in [1.807, 2.05) is 27.7 Å². The van der Waals surface area contributed by atoms with E-state index >= 15 is 0 Å². The van der Waals surface area contributed by atoms with E-state index in [1.165, 1.54) is 6.92 Å². The average Bonchev–Trinajstić information content (AvgIpc) is 2.51. The molecular weight excluding hydrogens is 232 g/mol. The van der Waals surface area contributed by atoms with E-state index in [9.17, 15) is 14.7 Å². The van der Waals surface area contributed by atoms with E-state index in [1.54, 1.807) is 4.90 Å². The molecule has 1 heterocycles. The van der Waals surface area contributed by atoms with Gasteiger partial charge in [-0.1, -0.05) is 20.8 Å². The van der Waals surface area contributed by atoms with E-state index in [-0.39, 0.29) is 23.3 Å². The van der Waals surface area contributed by atoms with Gasteiger partial charge in [0.05, 0.1) is 6.10 Å². The lowest BCUT2D eigenvalue weighted by molar-refractivity contribution is -0.139. The first kappa shape index (κ1) is 15.0. The zero-order valence-electron chi connectivity index (χ0n) is 11.9. The molecule has 1 aliphatic rings. The molecular formula is C13H24N2O3. The fraction of sp³-hybridized carbons (Fsp3) is 0.846. The number of nitrogens with one attached hydrogen (secondary N) is 1. The summed E-state index contributed by atoms with van der Waals surface area (Å²) in [6.45, 7) is 9.44. The summed E-state index contributed by atoms with van der Waals surface area (Å²) in [5.41, 5.74) is -0.351. The molecule has 18 heavy (non-hydrogen) atoms. The summed E-state index contributed by atoms with van der Waals surface area (Å²) in [6.07, 6.45) is 0.143. The molecule has 0 aromatic carbocycles. The van der Waals surface area contributed by atoms with Gasteiger partial charge in [0.15, 0.2) is 0 Å². The van der Waals surface area contributed by atoms with Gasteiger partial charge in [-0.3, -0.25) is 9.59 Å². The highest BCUT2D eigenvalue weighted by molar-refractivity contribution is 5.88. The second kappa shape index (κ2) is 5.26. The Bertz CT molecular complexity index is 336. The zero-order chi connectivity index (χ0) is 14.1. The fourth-order valence-electron chi connectivity index (χ4n) is 2.33. The molecule has 2 N–H and O–H groups in total. The first-order chi connectivity index (χ1) is 8.12. The third-order valence-electron chi connectivity index (χ3n) is 3.30. The summed E-state index contributed by atoms with van der Waals surface area (Å²) in [4.78, 5) is 25.4. The Hall–Kier alpha value is -1.10. The molecule has 0 radical (unpaired) electrons. The molecule has 1 rings (SSSR count). The lowest BCUT2D eigenvalue weighted by Crippen LogP contribution is -2.55. The molecule has 3 atom stereocenters. The third kappa shape index (κ3) is 3.45. The van der Waals surface area contributed by atoms with Crippen molar-refractivity contribution in [3.63, 3.8) is 0 Å². The average molecular weight is 256 g/mol. The van der Waals surface area contributed by atoms with Gasteiger partial charge in [-0.25, -0.2) is 0 Å². The monoisotopic (exact) mass is 256 g/mol. The Kier molecular flexibility index (Phi) is 4.37. The van der Waals surface area contributed by atoms with Gasteiger partial charge in [0, 0.05) is 19.5 Å². The summed E-state index contributed by atoms with van der Waals surface area (Å²) >= 11 is 0. The van der Waals surface area contributed by atoms with Gasteiger partial charge in [-0.2, -0.15) is 0 Å². The highest BCUT2D eigenvalue weighted by Gasteiger charge is 2.39. The van der Waals surface area contributed by atoms with Crippen LogP contribution in [0.1, 0.15) is 41.0 Å². The minimum atomic E-state index is -0.553. The maximum absolute atomic E-state index is 12.5. The molecule has 0 aromatic heterocycles. The van der Waals surface area contributed by atoms with Crippen LogP contribution in [0.3, 0.4) is 0 Å². The first-order valence-electron chi connectivity index (χ1n) is 6.38. The molecule has 0 saturated carbocycles. The molecule has 1 fully saturated rings. The highest BCUT2D eigenvalue weighted by Crippen LogP contribution is 2.25.